The maximum atomic E-state index is 13.1. The smallest absolute Gasteiger partial charge is 0.323 e. The number of esters is 1. The summed E-state index contributed by atoms with van der Waals surface area (Å²) in [5.41, 5.74) is 0. The minimum absolute atomic E-state index is 0.0269. The Hall–Kier alpha value is -1.61. The molecule has 2 atom stereocenters. The first-order chi connectivity index (χ1) is 25.2. The molecular weight excluding hydrogens is 623 g/mol. The van der Waals surface area contributed by atoms with Gasteiger partial charge in [-0.2, -0.15) is 0 Å². The third-order valence-corrected chi connectivity index (χ3v) is 10.8. The number of piperidine rings is 1. The first-order valence-corrected chi connectivity index (χ1v) is 22.7. The summed E-state index contributed by atoms with van der Waals surface area (Å²) in [6.07, 6.45) is 60.6. The van der Waals surface area contributed by atoms with Crippen LogP contribution in [0.5, 0.6) is 0 Å². The lowest BCUT2D eigenvalue weighted by Crippen LogP contribution is -2.44. The molecule has 296 valence electrons. The van der Waals surface area contributed by atoms with E-state index in [1.807, 2.05) is 0 Å². The Balaban J connectivity index is 2.12. The molecule has 51 heavy (non-hydrogen) atoms. The minimum Gasteiger partial charge on any atom is -0.461 e. The molecule has 0 aromatic heterocycles. The van der Waals surface area contributed by atoms with Gasteiger partial charge in [-0.3, -0.25) is 9.69 Å². The predicted octanol–water partition coefficient (Wildman–Crippen LogP) is 15.4. The normalized spacial score (nSPS) is 16.4. The number of hydrogen-bond donors (Lipinski definition) is 0. The molecule has 0 saturated carbocycles. The lowest BCUT2D eigenvalue weighted by molar-refractivity contribution is -0.157. The molecule has 0 N–H and O–H groups in total. The van der Waals surface area contributed by atoms with E-state index in [1.54, 1.807) is 0 Å². The third kappa shape index (κ3) is 31.6. The molecule has 0 bridgehead atoms. The van der Waals surface area contributed by atoms with Crippen LogP contribution < -0.4 is 0 Å². The van der Waals surface area contributed by atoms with E-state index in [2.05, 4.69) is 74.4 Å². The molecule has 1 aliphatic heterocycles. The summed E-state index contributed by atoms with van der Waals surface area (Å²) in [5.74, 6) is 0.0450. The SMILES string of the molecule is CCCCC/C=C\C/C=C\CCCCCCCCCCCCC(CCCCCCCC/C=C\C/C=C\CCCCC)OC(=O)C1CCCCN1C. The summed E-state index contributed by atoms with van der Waals surface area (Å²) < 4.78 is 6.23. The number of nitrogens with zero attached hydrogens (tertiary/aromatic N) is 1. The van der Waals surface area contributed by atoms with Crippen LogP contribution in [0.1, 0.15) is 226 Å². The van der Waals surface area contributed by atoms with Crippen molar-refractivity contribution in [1.29, 1.82) is 0 Å². The highest BCUT2D eigenvalue weighted by Crippen LogP contribution is 2.22. The molecule has 0 amide bonds. The molecule has 1 saturated heterocycles. The molecule has 2 unspecified atom stereocenters. The van der Waals surface area contributed by atoms with Crippen molar-refractivity contribution < 1.29 is 9.53 Å². The van der Waals surface area contributed by atoms with E-state index >= 15 is 0 Å². The van der Waals surface area contributed by atoms with Crippen molar-refractivity contribution in [3.8, 4) is 0 Å². The lowest BCUT2D eigenvalue weighted by atomic mass is 10.0. The summed E-state index contributed by atoms with van der Waals surface area (Å²) >= 11 is 0. The van der Waals surface area contributed by atoms with Crippen LogP contribution >= 0.6 is 0 Å². The molecule has 0 spiro atoms. The van der Waals surface area contributed by atoms with Gasteiger partial charge < -0.3 is 4.74 Å². The predicted molar refractivity (Wildman–Crippen MR) is 227 cm³/mol. The van der Waals surface area contributed by atoms with E-state index in [4.69, 9.17) is 4.74 Å². The first kappa shape index (κ1) is 47.4. The van der Waals surface area contributed by atoms with Crippen LogP contribution in [0.15, 0.2) is 48.6 Å². The highest BCUT2D eigenvalue weighted by Gasteiger charge is 2.29. The number of hydrogen-bond acceptors (Lipinski definition) is 3. The summed E-state index contributed by atoms with van der Waals surface area (Å²) in [5, 5.41) is 0. The fourth-order valence-electron chi connectivity index (χ4n) is 7.31. The van der Waals surface area contributed by atoms with Crippen molar-refractivity contribution in [2.75, 3.05) is 13.6 Å². The average Bonchev–Trinajstić information content (AvgIpc) is 3.13. The van der Waals surface area contributed by atoms with Crippen molar-refractivity contribution in [3.63, 3.8) is 0 Å². The largest absolute Gasteiger partial charge is 0.461 e. The van der Waals surface area contributed by atoms with Crippen LogP contribution in [0.25, 0.3) is 0 Å². The fourth-order valence-corrected chi connectivity index (χ4v) is 7.31. The molecule has 3 heteroatoms. The highest BCUT2D eigenvalue weighted by molar-refractivity contribution is 5.76. The molecule has 0 radical (unpaired) electrons. The van der Waals surface area contributed by atoms with E-state index in [9.17, 15) is 4.79 Å². The molecule has 0 aromatic rings. The van der Waals surface area contributed by atoms with Crippen LogP contribution in [0.2, 0.25) is 0 Å². The Bertz CT molecular complexity index is 857. The van der Waals surface area contributed by atoms with Crippen LogP contribution in [0.3, 0.4) is 0 Å². The van der Waals surface area contributed by atoms with E-state index < -0.39 is 0 Å². The Kier molecular flexibility index (Phi) is 35.4. The van der Waals surface area contributed by atoms with Gasteiger partial charge in [0.1, 0.15) is 12.1 Å². The molecule has 3 nitrogen and oxygen atoms in total. The van der Waals surface area contributed by atoms with Gasteiger partial charge in [-0.1, -0.05) is 172 Å². The molecule has 1 rings (SSSR count). The van der Waals surface area contributed by atoms with Gasteiger partial charge in [0.05, 0.1) is 0 Å². The lowest BCUT2D eigenvalue weighted by Gasteiger charge is -2.32. The van der Waals surface area contributed by atoms with Gasteiger partial charge in [-0.25, -0.2) is 0 Å². The maximum Gasteiger partial charge on any atom is 0.323 e. The summed E-state index contributed by atoms with van der Waals surface area (Å²) in [4.78, 5) is 15.3. The van der Waals surface area contributed by atoms with Gasteiger partial charge in [-0.05, 0) is 116 Å². The van der Waals surface area contributed by atoms with Gasteiger partial charge in [0.25, 0.3) is 0 Å². The molecule has 1 fully saturated rings. The standard InChI is InChI=1S/C48H87NO2/c1-4-6-8-10-12-14-16-18-20-22-23-24-25-27-29-31-33-35-37-39-43-46(51-48(50)47-44-40-41-45-49(47)3)42-38-36-34-32-30-28-26-21-19-17-15-13-11-9-7-5-2/h12-15,18-21,46-47H,4-11,16-17,22-45H2,1-3H3/b14-12-,15-13-,20-18-,21-19-. The first-order valence-electron chi connectivity index (χ1n) is 22.7. The van der Waals surface area contributed by atoms with E-state index in [-0.39, 0.29) is 18.1 Å². The van der Waals surface area contributed by atoms with Crippen LogP contribution in [-0.4, -0.2) is 36.6 Å². The topological polar surface area (TPSA) is 29.5 Å². The Labute approximate surface area is 319 Å². The number of unbranched alkanes of at least 4 members (excludes halogenated alkanes) is 22. The van der Waals surface area contributed by atoms with E-state index in [0.717, 1.165) is 45.1 Å². The van der Waals surface area contributed by atoms with Crippen LogP contribution in [-0.2, 0) is 9.53 Å². The zero-order valence-corrected chi connectivity index (χ0v) is 34.6. The quantitative estimate of drug-likeness (QED) is 0.0368. The molecule has 0 aliphatic carbocycles. The summed E-state index contributed by atoms with van der Waals surface area (Å²) in [7, 11) is 2.09. The van der Waals surface area contributed by atoms with Crippen molar-refractivity contribution in [1.82, 2.24) is 4.90 Å². The van der Waals surface area contributed by atoms with Gasteiger partial charge in [0, 0.05) is 0 Å². The molecular formula is C48H87NO2. The van der Waals surface area contributed by atoms with Crippen LogP contribution in [0.4, 0.5) is 0 Å². The number of carbonyl (C=O) groups excluding carboxylic acids is 1. The van der Waals surface area contributed by atoms with Gasteiger partial charge in [-0.15, -0.1) is 0 Å². The summed E-state index contributed by atoms with van der Waals surface area (Å²) in [6, 6.07) is -0.0269. The second-order valence-electron chi connectivity index (χ2n) is 15.7. The van der Waals surface area contributed by atoms with Crippen molar-refractivity contribution in [2.45, 2.75) is 238 Å². The highest BCUT2D eigenvalue weighted by atomic mass is 16.5. The summed E-state index contributed by atoms with van der Waals surface area (Å²) in [6.45, 7) is 5.55. The number of allylic oxidation sites excluding steroid dienone is 8. The minimum atomic E-state index is -0.0269. The van der Waals surface area contributed by atoms with E-state index in [0.29, 0.717) is 0 Å². The zero-order valence-electron chi connectivity index (χ0n) is 34.6. The molecule has 1 heterocycles. The van der Waals surface area contributed by atoms with Crippen molar-refractivity contribution in [2.24, 2.45) is 0 Å². The van der Waals surface area contributed by atoms with Gasteiger partial charge in [0.2, 0.25) is 0 Å². The number of ether oxygens (including phenoxy) is 1. The van der Waals surface area contributed by atoms with Crippen LogP contribution in [0, 0.1) is 0 Å². The van der Waals surface area contributed by atoms with Crippen molar-refractivity contribution in [3.05, 3.63) is 48.6 Å². The Morgan fingerprint density at radius 2 is 0.902 bits per heavy atom. The Morgan fingerprint density at radius 3 is 1.29 bits per heavy atom. The third-order valence-electron chi connectivity index (χ3n) is 10.8. The maximum absolute atomic E-state index is 13.1. The second kappa shape index (κ2) is 38.1. The number of rotatable bonds is 36. The monoisotopic (exact) mass is 710 g/mol. The van der Waals surface area contributed by atoms with Gasteiger partial charge in [0.15, 0.2) is 0 Å². The fraction of sp³-hybridized carbons (Fsp3) is 0.812. The van der Waals surface area contributed by atoms with E-state index in [1.165, 1.54) is 173 Å². The number of carbonyl (C=O) groups is 1. The number of likely N-dealkylation sites (tertiary alicyclic amines) is 1. The zero-order chi connectivity index (χ0) is 36.7. The molecule has 1 aliphatic rings. The average molecular weight is 710 g/mol. The van der Waals surface area contributed by atoms with Gasteiger partial charge >= 0.3 is 5.97 Å². The molecule has 0 aromatic carbocycles. The second-order valence-corrected chi connectivity index (χ2v) is 15.7. The van der Waals surface area contributed by atoms with Crippen molar-refractivity contribution >= 4 is 5.97 Å². The Morgan fingerprint density at radius 1 is 0.529 bits per heavy atom. The number of likely N-dealkylation sites (N-methyl/N-ethyl adjacent to an activating group) is 1.